The highest BCUT2D eigenvalue weighted by atomic mass is 14.8. The molecule has 0 aliphatic rings. The zero-order chi connectivity index (χ0) is 8.81. The van der Waals surface area contributed by atoms with Crippen molar-refractivity contribution < 1.29 is 0 Å². The van der Waals surface area contributed by atoms with E-state index in [1.54, 1.807) is 0 Å². The van der Waals surface area contributed by atoms with Crippen LogP contribution in [-0.4, -0.2) is 13.6 Å². The third-order valence-electron chi connectivity index (χ3n) is 1.67. The van der Waals surface area contributed by atoms with Gasteiger partial charge in [-0.05, 0) is 19.5 Å². The Labute approximate surface area is 74.1 Å². The molecule has 12 heavy (non-hydrogen) atoms. The van der Waals surface area contributed by atoms with Gasteiger partial charge in [-0.2, -0.15) is 0 Å². The van der Waals surface area contributed by atoms with Crippen molar-refractivity contribution in [2.24, 2.45) is 0 Å². The van der Waals surface area contributed by atoms with Gasteiger partial charge in [0.2, 0.25) is 0 Å². The van der Waals surface area contributed by atoms with Gasteiger partial charge in [-0.25, -0.2) is 0 Å². The quantitative estimate of drug-likeness (QED) is 0.716. The Bertz CT molecular complexity index is 263. The maximum absolute atomic E-state index is 3.07. The average Bonchev–Trinajstić information content (AvgIpc) is 2.05. The Morgan fingerprint density at radius 2 is 2.25 bits per heavy atom. The molecule has 0 amide bonds. The molecule has 0 heterocycles. The number of benzene rings is 1. The second-order valence-corrected chi connectivity index (χ2v) is 2.87. The number of hydrogen-bond acceptors (Lipinski definition) is 1. The molecule has 0 aromatic heterocycles. The Morgan fingerprint density at radius 3 is 2.92 bits per heavy atom. The minimum atomic E-state index is 0.925. The SMILES string of the molecule is CNCC=Cc1cccc(C)c1. The third-order valence-corrected chi connectivity index (χ3v) is 1.67. The van der Waals surface area contributed by atoms with E-state index in [2.05, 4.69) is 48.7 Å². The summed E-state index contributed by atoms with van der Waals surface area (Å²) < 4.78 is 0. The van der Waals surface area contributed by atoms with Gasteiger partial charge < -0.3 is 5.32 Å². The van der Waals surface area contributed by atoms with E-state index in [0.717, 1.165) is 6.54 Å². The van der Waals surface area contributed by atoms with E-state index < -0.39 is 0 Å². The van der Waals surface area contributed by atoms with Gasteiger partial charge in [0.05, 0.1) is 0 Å². The summed E-state index contributed by atoms with van der Waals surface area (Å²) in [5.74, 6) is 0. The number of hydrogen-bond donors (Lipinski definition) is 1. The summed E-state index contributed by atoms with van der Waals surface area (Å²) in [6.07, 6.45) is 4.25. The molecule has 0 aliphatic carbocycles. The van der Waals surface area contributed by atoms with Crippen LogP contribution in [0.4, 0.5) is 0 Å². The van der Waals surface area contributed by atoms with Crippen molar-refractivity contribution >= 4 is 6.08 Å². The summed E-state index contributed by atoms with van der Waals surface area (Å²) in [6.45, 7) is 3.03. The lowest BCUT2D eigenvalue weighted by atomic mass is 10.1. The van der Waals surface area contributed by atoms with E-state index >= 15 is 0 Å². The molecule has 1 N–H and O–H groups in total. The molecular weight excluding hydrogens is 146 g/mol. The van der Waals surface area contributed by atoms with E-state index in [1.807, 2.05) is 7.05 Å². The molecule has 0 saturated heterocycles. The predicted octanol–water partition coefficient (Wildman–Crippen LogP) is 2.23. The molecule has 0 atom stereocenters. The van der Waals surface area contributed by atoms with Crippen LogP contribution in [0.5, 0.6) is 0 Å². The van der Waals surface area contributed by atoms with Gasteiger partial charge in [-0.1, -0.05) is 42.0 Å². The van der Waals surface area contributed by atoms with Crippen LogP contribution in [0.15, 0.2) is 30.3 Å². The highest BCUT2D eigenvalue weighted by Crippen LogP contribution is 2.04. The molecule has 0 radical (unpaired) electrons. The van der Waals surface area contributed by atoms with Crippen molar-refractivity contribution in [1.82, 2.24) is 5.32 Å². The Morgan fingerprint density at radius 1 is 1.42 bits per heavy atom. The van der Waals surface area contributed by atoms with Gasteiger partial charge in [0.25, 0.3) is 0 Å². The summed E-state index contributed by atoms with van der Waals surface area (Å²) in [5, 5.41) is 3.07. The largest absolute Gasteiger partial charge is 0.316 e. The Balaban J connectivity index is 2.63. The van der Waals surface area contributed by atoms with Gasteiger partial charge in [0.1, 0.15) is 0 Å². The Hall–Kier alpha value is -1.08. The average molecular weight is 161 g/mol. The summed E-state index contributed by atoms with van der Waals surface area (Å²) in [4.78, 5) is 0. The number of rotatable bonds is 3. The van der Waals surface area contributed by atoms with Crippen molar-refractivity contribution in [3.05, 3.63) is 41.5 Å². The molecule has 0 bridgehead atoms. The fourth-order valence-corrected chi connectivity index (χ4v) is 1.09. The van der Waals surface area contributed by atoms with Crippen molar-refractivity contribution in [2.75, 3.05) is 13.6 Å². The van der Waals surface area contributed by atoms with Crippen molar-refractivity contribution in [1.29, 1.82) is 0 Å². The molecule has 1 rings (SSSR count). The molecule has 0 fully saturated rings. The molecule has 1 aromatic rings. The summed E-state index contributed by atoms with van der Waals surface area (Å²) in [6, 6.07) is 8.47. The van der Waals surface area contributed by atoms with Crippen molar-refractivity contribution in [3.8, 4) is 0 Å². The summed E-state index contributed by atoms with van der Waals surface area (Å²) in [7, 11) is 1.95. The molecule has 64 valence electrons. The minimum Gasteiger partial charge on any atom is -0.316 e. The standard InChI is InChI=1S/C11H15N/c1-10-5-3-6-11(9-10)7-4-8-12-2/h3-7,9,12H,8H2,1-2H3. The number of nitrogens with one attached hydrogen (secondary N) is 1. The zero-order valence-electron chi connectivity index (χ0n) is 7.67. The van der Waals surface area contributed by atoms with E-state index in [9.17, 15) is 0 Å². The van der Waals surface area contributed by atoms with Crippen LogP contribution in [0.1, 0.15) is 11.1 Å². The lowest BCUT2D eigenvalue weighted by molar-refractivity contribution is 0.922. The van der Waals surface area contributed by atoms with E-state index in [4.69, 9.17) is 0 Å². The van der Waals surface area contributed by atoms with Crippen LogP contribution >= 0.6 is 0 Å². The fraction of sp³-hybridized carbons (Fsp3) is 0.273. The monoisotopic (exact) mass is 161 g/mol. The van der Waals surface area contributed by atoms with Gasteiger partial charge in [0.15, 0.2) is 0 Å². The first-order valence-electron chi connectivity index (χ1n) is 4.21. The number of aryl methyl sites for hydroxylation is 1. The summed E-state index contributed by atoms with van der Waals surface area (Å²) >= 11 is 0. The van der Waals surface area contributed by atoms with Gasteiger partial charge >= 0.3 is 0 Å². The highest BCUT2D eigenvalue weighted by molar-refractivity contribution is 5.50. The lowest BCUT2D eigenvalue weighted by Gasteiger charge is -1.95. The lowest BCUT2D eigenvalue weighted by Crippen LogP contribution is -2.03. The van der Waals surface area contributed by atoms with Crippen LogP contribution in [-0.2, 0) is 0 Å². The third kappa shape index (κ3) is 2.89. The molecular formula is C11H15N. The first kappa shape index (κ1) is 9.01. The second kappa shape index (κ2) is 4.73. The molecule has 1 heteroatoms. The highest BCUT2D eigenvalue weighted by Gasteiger charge is 1.85. The van der Waals surface area contributed by atoms with Gasteiger partial charge in [0, 0.05) is 6.54 Å². The van der Waals surface area contributed by atoms with Crippen LogP contribution in [0.25, 0.3) is 6.08 Å². The topological polar surface area (TPSA) is 12.0 Å². The van der Waals surface area contributed by atoms with Crippen LogP contribution in [0.3, 0.4) is 0 Å². The smallest absolute Gasteiger partial charge is 0.0135 e. The first-order valence-corrected chi connectivity index (χ1v) is 4.21. The molecule has 1 nitrogen and oxygen atoms in total. The molecule has 1 aromatic carbocycles. The van der Waals surface area contributed by atoms with Crippen LogP contribution in [0, 0.1) is 6.92 Å². The van der Waals surface area contributed by atoms with E-state index in [1.165, 1.54) is 11.1 Å². The number of likely N-dealkylation sites (N-methyl/N-ethyl adjacent to an activating group) is 1. The molecule has 0 saturated carbocycles. The van der Waals surface area contributed by atoms with Gasteiger partial charge in [-0.3, -0.25) is 0 Å². The van der Waals surface area contributed by atoms with Crippen LogP contribution in [0.2, 0.25) is 0 Å². The Kier molecular flexibility index (Phi) is 3.55. The van der Waals surface area contributed by atoms with E-state index in [0.29, 0.717) is 0 Å². The molecule has 0 unspecified atom stereocenters. The fourth-order valence-electron chi connectivity index (χ4n) is 1.09. The van der Waals surface area contributed by atoms with Crippen LogP contribution < -0.4 is 5.32 Å². The minimum absolute atomic E-state index is 0.925. The van der Waals surface area contributed by atoms with Crippen molar-refractivity contribution in [3.63, 3.8) is 0 Å². The second-order valence-electron chi connectivity index (χ2n) is 2.87. The van der Waals surface area contributed by atoms with E-state index in [-0.39, 0.29) is 0 Å². The normalized spacial score (nSPS) is 10.8. The van der Waals surface area contributed by atoms with Gasteiger partial charge in [-0.15, -0.1) is 0 Å². The molecule has 0 spiro atoms. The predicted molar refractivity (Wildman–Crippen MR) is 54.1 cm³/mol. The first-order chi connectivity index (χ1) is 5.83. The summed E-state index contributed by atoms with van der Waals surface area (Å²) in [5.41, 5.74) is 2.58. The van der Waals surface area contributed by atoms with Crippen molar-refractivity contribution in [2.45, 2.75) is 6.92 Å². The maximum atomic E-state index is 3.07. The molecule has 0 aliphatic heterocycles. The maximum Gasteiger partial charge on any atom is 0.0135 e. The zero-order valence-corrected chi connectivity index (χ0v) is 7.67.